The summed E-state index contributed by atoms with van der Waals surface area (Å²) >= 11 is 0. The summed E-state index contributed by atoms with van der Waals surface area (Å²) in [5.41, 5.74) is 0.598. The van der Waals surface area contributed by atoms with Crippen LogP contribution in [0.5, 0.6) is 0 Å². The van der Waals surface area contributed by atoms with Crippen LogP contribution in [-0.4, -0.2) is 32.3 Å². The first kappa shape index (κ1) is 12.3. The summed E-state index contributed by atoms with van der Waals surface area (Å²) < 4.78 is 30.9. The lowest BCUT2D eigenvalue weighted by molar-refractivity contribution is 0.0753. The van der Waals surface area contributed by atoms with Crippen molar-refractivity contribution in [1.82, 2.24) is 5.32 Å². The SMILES string of the molecule is Fc1ccc(NCCC2COCCN2)cc1F. The van der Waals surface area contributed by atoms with E-state index in [0.29, 0.717) is 24.9 Å². The molecule has 0 aliphatic carbocycles. The normalized spacial score (nSPS) is 20.2. The third-order valence-corrected chi connectivity index (χ3v) is 2.74. The highest BCUT2D eigenvalue weighted by Crippen LogP contribution is 2.13. The van der Waals surface area contributed by atoms with E-state index in [4.69, 9.17) is 4.74 Å². The molecule has 1 aromatic rings. The fraction of sp³-hybridized carbons (Fsp3) is 0.500. The minimum absolute atomic E-state index is 0.335. The van der Waals surface area contributed by atoms with E-state index in [1.54, 1.807) is 0 Å². The van der Waals surface area contributed by atoms with Gasteiger partial charge in [-0.1, -0.05) is 0 Å². The minimum Gasteiger partial charge on any atom is -0.385 e. The molecule has 0 spiro atoms. The Morgan fingerprint density at radius 3 is 2.94 bits per heavy atom. The summed E-state index contributed by atoms with van der Waals surface area (Å²) in [6.45, 7) is 3.04. The Balaban J connectivity index is 1.75. The topological polar surface area (TPSA) is 33.3 Å². The van der Waals surface area contributed by atoms with Crippen LogP contribution in [0.25, 0.3) is 0 Å². The summed E-state index contributed by atoms with van der Waals surface area (Å²) in [6.07, 6.45) is 0.888. The first-order valence-electron chi connectivity index (χ1n) is 5.76. The Hall–Kier alpha value is -1.20. The van der Waals surface area contributed by atoms with Crippen LogP contribution in [0.3, 0.4) is 0 Å². The zero-order chi connectivity index (χ0) is 12.1. The summed E-state index contributed by atoms with van der Waals surface area (Å²) in [4.78, 5) is 0. The Morgan fingerprint density at radius 2 is 2.24 bits per heavy atom. The highest BCUT2D eigenvalue weighted by atomic mass is 19.2. The quantitative estimate of drug-likeness (QED) is 0.844. The first-order chi connectivity index (χ1) is 8.25. The number of ether oxygens (including phenoxy) is 1. The van der Waals surface area contributed by atoms with Gasteiger partial charge in [0.25, 0.3) is 0 Å². The number of morpholine rings is 1. The van der Waals surface area contributed by atoms with Crippen molar-refractivity contribution in [2.45, 2.75) is 12.5 Å². The van der Waals surface area contributed by atoms with Crippen LogP contribution in [0.15, 0.2) is 18.2 Å². The van der Waals surface area contributed by atoms with Gasteiger partial charge in [-0.25, -0.2) is 8.78 Å². The van der Waals surface area contributed by atoms with E-state index >= 15 is 0 Å². The van der Waals surface area contributed by atoms with Crippen LogP contribution in [0.2, 0.25) is 0 Å². The molecule has 0 amide bonds. The van der Waals surface area contributed by atoms with E-state index in [1.165, 1.54) is 12.1 Å². The molecular formula is C12H16F2N2O. The van der Waals surface area contributed by atoms with Gasteiger partial charge in [-0.15, -0.1) is 0 Å². The third kappa shape index (κ3) is 3.64. The fourth-order valence-electron chi connectivity index (χ4n) is 1.80. The van der Waals surface area contributed by atoms with Crippen molar-refractivity contribution in [3.05, 3.63) is 29.8 Å². The number of hydrogen-bond donors (Lipinski definition) is 2. The van der Waals surface area contributed by atoms with Crippen LogP contribution >= 0.6 is 0 Å². The molecule has 17 heavy (non-hydrogen) atoms. The molecule has 1 aliphatic heterocycles. The van der Waals surface area contributed by atoms with Crippen molar-refractivity contribution < 1.29 is 13.5 Å². The van der Waals surface area contributed by atoms with Gasteiger partial charge in [0.2, 0.25) is 0 Å². The summed E-state index contributed by atoms with van der Waals surface area (Å²) in [7, 11) is 0. The zero-order valence-electron chi connectivity index (χ0n) is 9.51. The summed E-state index contributed by atoms with van der Waals surface area (Å²) in [5, 5.41) is 6.38. The molecule has 1 fully saturated rings. The van der Waals surface area contributed by atoms with Crippen molar-refractivity contribution >= 4 is 5.69 Å². The van der Waals surface area contributed by atoms with E-state index in [0.717, 1.165) is 25.6 Å². The van der Waals surface area contributed by atoms with Crippen LogP contribution in [-0.2, 0) is 4.74 Å². The highest BCUT2D eigenvalue weighted by Gasteiger charge is 2.12. The molecule has 0 aromatic heterocycles. The Labute approximate surface area is 99.2 Å². The Kier molecular flexibility index (Phi) is 4.28. The molecule has 0 radical (unpaired) electrons. The van der Waals surface area contributed by atoms with E-state index in [1.807, 2.05) is 0 Å². The van der Waals surface area contributed by atoms with Crippen molar-refractivity contribution in [2.24, 2.45) is 0 Å². The van der Waals surface area contributed by atoms with Gasteiger partial charge in [0.05, 0.1) is 13.2 Å². The van der Waals surface area contributed by atoms with Crippen LogP contribution in [0, 0.1) is 11.6 Å². The van der Waals surface area contributed by atoms with Gasteiger partial charge in [-0.2, -0.15) is 0 Å². The number of rotatable bonds is 4. The highest BCUT2D eigenvalue weighted by molar-refractivity contribution is 5.43. The van der Waals surface area contributed by atoms with Crippen LogP contribution < -0.4 is 10.6 Å². The summed E-state index contributed by atoms with van der Waals surface area (Å²) in [5.74, 6) is -1.65. The smallest absolute Gasteiger partial charge is 0.160 e. The average Bonchev–Trinajstić information content (AvgIpc) is 2.35. The minimum atomic E-state index is -0.825. The molecule has 0 saturated carbocycles. The number of benzene rings is 1. The summed E-state index contributed by atoms with van der Waals surface area (Å²) in [6, 6.07) is 4.16. The molecule has 1 unspecified atom stereocenters. The molecule has 3 nitrogen and oxygen atoms in total. The van der Waals surface area contributed by atoms with Crippen molar-refractivity contribution in [1.29, 1.82) is 0 Å². The molecule has 1 aromatic carbocycles. The van der Waals surface area contributed by atoms with Crippen LogP contribution in [0.4, 0.5) is 14.5 Å². The van der Waals surface area contributed by atoms with Crippen LogP contribution in [0.1, 0.15) is 6.42 Å². The second-order valence-corrected chi connectivity index (χ2v) is 4.07. The maximum atomic E-state index is 12.9. The second-order valence-electron chi connectivity index (χ2n) is 4.07. The van der Waals surface area contributed by atoms with Gasteiger partial charge >= 0.3 is 0 Å². The first-order valence-corrected chi connectivity index (χ1v) is 5.76. The molecule has 5 heteroatoms. The molecule has 2 rings (SSSR count). The number of halogens is 2. The maximum absolute atomic E-state index is 12.9. The number of anilines is 1. The standard InChI is InChI=1S/C12H16F2N2O/c13-11-2-1-9(7-12(11)14)15-4-3-10-8-17-6-5-16-10/h1-2,7,10,15-16H,3-6,8H2. The molecule has 94 valence electrons. The molecule has 1 atom stereocenters. The van der Waals surface area contributed by atoms with E-state index in [-0.39, 0.29) is 0 Å². The molecule has 1 aliphatic rings. The largest absolute Gasteiger partial charge is 0.385 e. The van der Waals surface area contributed by atoms with Gasteiger partial charge in [0.15, 0.2) is 11.6 Å². The number of nitrogens with one attached hydrogen (secondary N) is 2. The third-order valence-electron chi connectivity index (χ3n) is 2.74. The monoisotopic (exact) mass is 242 g/mol. The lowest BCUT2D eigenvalue weighted by atomic mass is 10.2. The van der Waals surface area contributed by atoms with Crippen molar-refractivity contribution in [2.75, 3.05) is 31.6 Å². The van der Waals surface area contributed by atoms with E-state index in [9.17, 15) is 8.78 Å². The Morgan fingerprint density at radius 1 is 1.35 bits per heavy atom. The zero-order valence-corrected chi connectivity index (χ0v) is 9.51. The van der Waals surface area contributed by atoms with Gasteiger partial charge < -0.3 is 15.4 Å². The molecule has 1 saturated heterocycles. The molecule has 0 bridgehead atoms. The van der Waals surface area contributed by atoms with Crippen molar-refractivity contribution in [3.8, 4) is 0 Å². The Bertz CT molecular complexity index is 368. The fourth-order valence-corrected chi connectivity index (χ4v) is 1.80. The average molecular weight is 242 g/mol. The molecular weight excluding hydrogens is 226 g/mol. The van der Waals surface area contributed by atoms with Gasteiger partial charge in [0.1, 0.15) is 0 Å². The molecule has 1 heterocycles. The lowest BCUT2D eigenvalue weighted by Gasteiger charge is -2.23. The predicted octanol–water partition coefficient (Wildman–Crippen LogP) is 1.76. The molecule has 2 N–H and O–H groups in total. The van der Waals surface area contributed by atoms with Crippen molar-refractivity contribution in [3.63, 3.8) is 0 Å². The maximum Gasteiger partial charge on any atom is 0.160 e. The van der Waals surface area contributed by atoms with Gasteiger partial charge in [-0.3, -0.25) is 0 Å². The predicted molar refractivity (Wildman–Crippen MR) is 62.1 cm³/mol. The van der Waals surface area contributed by atoms with Gasteiger partial charge in [0, 0.05) is 24.8 Å². The second kappa shape index (κ2) is 5.93. The van der Waals surface area contributed by atoms with E-state index in [2.05, 4.69) is 10.6 Å². The number of hydrogen-bond acceptors (Lipinski definition) is 3. The van der Waals surface area contributed by atoms with E-state index < -0.39 is 11.6 Å². The van der Waals surface area contributed by atoms with Gasteiger partial charge in [-0.05, 0) is 24.6 Å². The lowest BCUT2D eigenvalue weighted by Crippen LogP contribution is -2.42.